The van der Waals surface area contributed by atoms with Gasteiger partial charge in [0.15, 0.2) is 0 Å². The van der Waals surface area contributed by atoms with Crippen molar-refractivity contribution in [2.45, 2.75) is 6.92 Å². The van der Waals surface area contributed by atoms with E-state index in [1.54, 1.807) is 12.4 Å². The van der Waals surface area contributed by atoms with Crippen molar-refractivity contribution < 1.29 is 0 Å². The van der Waals surface area contributed by atoms with Crippen LogP contribution in [0.4, 0.5) is 0 Å². The van der Waals surface area contributed by atoms with Crippen LogP contribution in [0.1, 0.15) is 5.56 Å². The van der Waals surface area contributed by atoms with Gasteiger partial charge in [0, 0.05) is 17.1 Å². The molecule has 0 saturated carbocycles. The number of aromatic nitrogens is 3. The Morgan fingerprint density at radius 1 is 1.38 bits per heavy atom. The van der Waals surface area contributed by atoms with Crippen LogP contribution in [-0.4, -0.2) is 14.3 Å². The molecule has 0 N–H and O–H groups in total. The fraction of sp³-hybridized carbons (Fsp3) is 0.125. The van der Waals surface area contributed by atoms with E-state index in [9.17, 15) is 0 Å². The van der Waals surface area contributed by atoms with Gasteiger partial charge in [-0.3, -0.25) is 0 Å². The maximum Gasteiger partial charge on any atom is 0.222 e. The minimum Gasteiger partial charge on any atom is -0.226 e. The highest BCUT2D eigenvalue weighted by atomic mass is 35.5. The van der Waals surface area contributed by atoms with E-state index >= 15 is 0 Å². The molecule has 0 atom stereocenters. The van der Waals surface area contributed by atoms with Gasteiger partial charge >= 0.3 is 0 Å². The third kappa shape index (κ3) is 1.68. The quantitative estimate of drug-likeness (QED) is 0.681. The monoisotopic (exact) mass is 211 g/mol. The zero-order valence-electron chi connectivity index (χ0n) is 6.86. The van der Waals surface area contributed by atoms with Crippen LogP contribution in [0.15, 0.2) is 17.8 Å². The first kappa shape index (κ1) is 8.59. The molecular weight excluding hydrogens is 206 g/mol. The van der Waals surface area contributed by atoms with Crippen LogP contribution in [0, 0.1) is 6.92 Å². The minimum atomic E-state index is 0.270. The fourth-order valence-corrected chi connectivity index (χ4v) is 1.69. The molecule has 5 heteroatoms. The van der Waals surface area contributed by atoms with Gasteiger partial charge in [-0.15, -0.1) is 0 Å². The molecule has 2 rings (SSSR count). The highest BCUT2D eigenvalue weighted by Crippen LogP contribution is 2.22. The summed E-state index contributed by atoms with van der Waals surface area (Å²) in [5, 5.41) is 2.21. The lowest BCUT2D eigenvalue weighted by molar-refractivity contribution is 1.13. The Kier molecular flexibility index (Phi) is 2.24. The van der Waals surface area contributed by atoms with Crippen LogP contribution in [-0.2, 0) is 0 Å². The molecule has 0 spiro atoms. The van der Waals surface area contributed by atoms with Crippen molar-refractivity contribution in [3.8, 4) is 11.3 Å². The maximum absolute atomic E-state index is 5.69. The molecule has 2 aromatic rings. The summed E-state index contributed by atoms with van der Waals surface area (Å²) in [4.78, 5) is 8.02. The van der Waals surface area contributed by atoms with Gasteiger partial charge in [-0.1, -0.05) is 0 Å². The predicted molar refractivity (Wildman–Crippen MR) is 52.9 cm³/mol. The Morgan fingerprint density at radius 3 is 2.92 bits per heavy atom. The predicted octanol–water partition coefficient (Wildman–Crippen LogP) is 2.56. The molecule has 3 nitrogen and oxygen atoms in total. The molecule has 13 heavy (non-hydrogen) atoms. The number of hydrogen-bond donors (Lipinski definition) is 0. The van der Waals surface area contributed by atoms with E-state index in [1.165, 1.54) is 11.5 Å². The van der Waals surface area contributed by atoms with Gasteiger partial charge in [-0.25, -0.2) is 14.3 Å². The summed E-state index contributed by atoms with van der Waals surface area (Å²) in [5.74, 6) is 0. The Hall–Kier alpha value is -1.00. The summed E-state index contributed by atoms with van der Waals surface area (Å²) in [5.41, 5.74) is 2.85. The van der Waals surface area contributed by atoms with Crippen LogP contribution in [0.3, 0.4) is 0 Å². The van der Waals surface area contributed by atoms with E-state index in [0.717, 1.165) is 16.8 Å². The summed E-state index contributed by atoms with van der Waals surface area (Å²) in [6.45, 7) is 1.95. The van der Waals surface area contributed by atoms with Crippen molar-refractivity contribution >= 4 is 23.1 Å². The van der Waals surface area contributed by atoms with Crippen molar-refractivity contribution in [3.05, 3.63) is 28.6 Å². The lowest BCUT2D eigenvalue weighted by Gasteiger charge is -2.00. The number of aryl methyl sites for hydroxylation is 1. The zero-order chi connectivity index (χ0) is 9.26. The van der Waals surface area contributed by atoms with E-state index < -0.39 is 0 Å². The van der Waals surface area contributed by atoms with Crippen LogP contribution in [0.25, 0.3) is 11.3 Å². The van der Waals surface area contributed by atoms with Crippen molar-refractivity contribution in [2.75, 3.05) is 0 Å². The van der Waals surface area contributed by atoms with Gasteiger partial charge in [0.05, 0.1) is 11.9 Å². The molecular formula is C8H6ClN3S. The molecule has 0 aromatic carbocycles. The van der Waals surface area contributed by atoms with E-state index in [-0.39, 0.29) is 5.28 Å². The van der Waals surface area contributed by atoms with E-state index in [4.69, 9.17) is 11.6 Å². The van der Waals surface area contributed by atoms with E-state index in [2.05, 4.69) is 14.3 Å². The number of hydrogen-bond acceptors (Lipinski definition) is 4. The topological polar surface area (TPSA) is 38.7 Å². The molecule has 0 bridgehead atoms. The van der Waals surface area contributed by atoms with Crippen molar-refractivity contribution in [1.82, 2.24) is 14.3 Å². The standard InChI is InChI=1S/C8H6ClN3S/c1-5-2-10-8(9)12-7(5)6-3-11-13-4-6/h2-4H,1H3. The molecule has 0 radical (unpaired) electrons. The normalized spacial score (nSPS) is 10.3. The first-order chi connectivity index (χ1) is 6.27. The summed E-state index contributed by atoms with van der Waals surface area (Å²) in [7, 11) is 0. The first-order valence-electron chi connectivity index (χ1n) is 3.66. The third-order valence-electron chi connectivity index (χ3n) is 1.65. The number of nitrogens with zero attached hydrogens (tertiary/aromatic N) is 3. The lowest BCUT2D eigenvalue weighted by Crippen LogP contribution is -1.89. The van der Waals surface area contributed by atoms with E-state index in [1.807, 2.05) is 12.3 Å². The molecule has 0 amide bonds. The Morgan fingerprint density at radius 2 is 2.23 bits per heavy atom. The van der Waals surface area contributed by atoms with Crippen LogP contribution in [0.5, 0.6) is 0 Å². The summed E-state index contributed by atoms with van der Waals surface area (Å²) in [6, 6.07) is 0. The van der Waals surface area contributed by atoms with Gasteiger partial charge in [0.2, 0.25) is 5.28 Å². The van der Waals surface area contributed by atoms with E-state index in [0.29, 0.717) is 0 Å². The minimum absolute atomic E-state index is 0.270. The fourth-order valence-electron chi connectivity index (χ4n) is 1.03. The smallest absolute Gasteiger partial charge is 0.222 e. The number of halogens is 1. The molecule has 66 valence electrons. The van der Waals surface area contributed by atoms with Crippen LogP contribution in [0.2, 0.25) is 5.28 Å². The summed E-state index contributed by atoms with van der Waals surface area (Å²) in [6.07, 6.45) is 3.48. The second kappa shape index (κ2) is 3.40. The maximum atomic E-state index is 5.69. The lowest BCUT2D eigenvalue weighted by atomic mass is 10.2. The molecule has 2 heterocycles. The summed E-state index contributed by atoms with van der Waals surface area (Å²) >= 11 is 7.09. The van der Waals surface area contributed by atoms with Crippen LogP contribution >= 0.6 is 23.1 Å². The Balaban J connectivity index is 2.57. The van der Waals surface area contributed by atoms with Crippen molar-refractivity contribution in [2.24, 2.45) is 0 Å². The zero-order valence-corrected chi connectivity index (χ0v) is 8.43. The molecule has 0 saturated heterocycles. The molecule has 0 fully saturated rings. The Labute approximate surface area is 84.6 Å². The number of rotatable bonds is 1. The molecule has 0 unspecified atom stereocenters. The Bertz CT molecular complexity index is 413. The van der Waals surface area contributed by atoms with Gasteiger partial charge in [0.1, 0.15) is 0 Å². The van der Waals surface area contributed by atoms with Crippen molar-refractivity contribution in [1.29, 1.82) is 0 Å². The second-order valence-electron chi connectivity index (χ2n) is 2.58. The van der Waals surface area contributed by atoms with Gasteiger partial charge < -0.3 is 0 Å². The second-order valence-corrected chi connectivity index (χ2v) is 3.58. The average molecular weight is 212 g/mol. The summed E-state index contributed by atoms with van der Waals surface area (Å²) < 4.78 is 4.01. The molecule has 0 aliphatic heterocycles. The highest BCUT2D eigenvalue weighted by molar-refractivity contribution is 7.03. The molecule has 0 aliphatic rings. The molecule has 2 aromatic heterocycles. The van der Waals surface area contributed by atoms with Gasteiger partial charge in [-0.2, -0.15) is 0 Å². The van der Waals surface area contributed by atoms with Crippen LogP contribution < -0.4 is 0 Å². The highest BCUT2D eigenvalue weighted by Gasteiger charge is 2.05. The van der Waals surface area contributed by atoms with Gasteiger partial charge in [0.25, 0.3) is 0 Å². The SMILES string of the molecule is Cc1cnc(Cl)nc1-c1cnsc1. The average Bonchev–Trinajstić information content (AvgIpc) is 2.61. The van der Waals surface area contributed by atoms with Crippen molar-refractivity contribution in [3.63, 3.8) is 0 Å². The third-order valence-corrected chi connectivity index (χ3v) is 2.42. The first-order valence-corrected chi connectivity index (χ1v) is 4.88. The van der Waals surface area contributed by atoms with Gasteiger partial charge in [-0.05, 0) is 35.6 Å². The molecule has 0 aliphatic carbocycles. The largest absolute Gasteiger partial charge is 0.226 e.